The molecule has 24 heavy (non-hydrogen) atoms. The van der Waals surface area contributed by atoms with E-state index in [4.69, 9.17) is 4.74 Å². The molecule has 0 radical (unpaired) electrons. The van der Waals surface area contributed by atoms with Crippen LogP contribution in [0.25, 0.3) is 0 Å². The molecule has 128 valence electrons. The van der Waals surface area contributed by atoms with Gasteiger partial charge in [-0.3, -0.25) is 4.79 Å². The van der Waals surface area contributed by atoms with Gasteiger partial charge in [-0.2, -0.15) is 0 Å². The van der Waals surface area contributed by atoms with E-state index in [1.54, 1.807) is 6.07 Å². The van der Waals surface area contributed by atoms with Crippen LogP contribution in [0.1, 0.15) is 17.5 Å². The molecule has 0 spiro atoms. The maximum atomic E-state index is 14.4. The van der Waals surface area contributed by atoms with Crippen molar-refractivity contribution in [1.29, 1.82) is 0 Å². The van der Waals surface area contributed by atoms with Crippen LogP contribution in [0.5, 0.6) is 5.75 Å². The molecule has 0 aliphatic carbocycles. The van der Waals surface area contributed by atoms with Crippen molar-refractivity contribution in [1.82, 2.24) is 5.32 Å². The van der Waals surface area contributed by atoms with Crippen LogP contribution in [0.3, 0.4) is 0 Å². The molecule has 2 aromatic rings. The number of benzene rings is 2. The van der Waals surface area contributed by atoms with Crippen molar-refractivity contribution in [3.63, 3.8) is 0 Å². The van der Waals surface area contributed by atoms with E-state index in [1.807, 2.05) is 36.4 Å². The van der Waals surface area contributed by atoms with E-state index in [2.05, 4.69) is 10.6 Å². The van der Waals surface area contributed by atoms with Crippen LogP contribution in [0.2, 0.25) is 0 Å². The van der Waals surface area contributed by atoms with E-state index in [0.29, 0.717) is 24.3 Å². The second kappa shape index (κ2) is 8.66. The molecule has 0 fully saturated rings. The topological polar surface area (TPSA) is 50.4 Å². The van der Waals surface area contributed by atoms with Gasteiger partial charge in [0.05, 0.1) is 18.7 Å². The predicted octanol–water partition coefficient (Wildman–Crippen LogP) is 3.30. The third-order valence-electron chi connectivity index (χ3n) is 3.82. The van der Waals surface area contributed by atoms with Crippen LogP contribution in [0.4, 0.5) is 10.1 Å². The minimum Gasteiger partial charge on any atom is -0.493 e. The number of fused-ring (bicyclic) bond motifs is 1. The Morgan fingerprint density at radius 2 is 2.00 bits per heavy atom. The smallest absolute Gasteiger partial charge is 0.227 e. The Morgan fingerprint density at radius 1 is 1.21 bits per heavy atom. The average Bonchev–Trinajstić information content (AvgIpc) is 2.59. The Hall–Kier alpha value is -2.11. The number of hydrogen-bond acceptors (Lipinski definition) is 3. The predicted molar refractivity (Wildman–Crippen MR) is 94.2 cm³/mol. The highest BCUT2D eigenvalue weighted by Gasteiger charge is 2.17. The molecule has 0 atom stereocenters. The lowest BCUT2D eigenvalue weighted by Gasteiger charge is -2.19. The van der Waals surface area contributed by atoms with Crippen molar-refractivity contribution in [2.24, 2.45) is 0 Å². The zero-order valence-electron chi connectivity index (χ0n) is 13.2. The first kappa shape index (κ1) is 18.2. The molecule has 4 nitrogen and oxygen atoms in total. The van der Waals surface area contributed by atoms with Gasteiger partial charge in [-0.1, -0.05) is 24.3 Å². The van der Waals surface area contributed by atoms with E-state index >= 15 is 0 Å². The van der Waals surface area contributed by atoms with Crippen molar-refractivity contribution < 1.29 is 13.9 Å². The second-order valence-electron chi connectivity index (χ2n) is 5.45. The van der Waals surface area contributed by atoms with E-state index in [-0.39, 0.29) is 42.8 Å². The molecule has 1 amide bonds. The van der Waals surface area contributed by atoms with Gasteiger partial charge in [0.2, 0.25) is 5.91 Å². The quantitative estimate of drug-likeness (QED) is 0.870. The van der Waals surface area contributed by atoms with Gasteiger partial charge in [0.1, 0.15) is 11.6 Å². The summed E-state index contributed by atoms with van der Waals surface area (Å²) in [6.07, 6.45) is 0.814. The molecule has 0 saturated heterocycles. The summed E-state index contributed by atoms with van der Waals surface area (Å²) in [5.74, 6) is 0.141. The Morgan fingerprint density at radius 3 is 2.79 bits per heavy atom. The van der Waals surface area contributed by atoms with Gasteiger partial charge >= 0.3 is 0 Å². The van der Waals surface area contributed by atoms with Crippen molar-refractivity contribution in [3.8, 4) is 5.75 Å². The lowest BCUT2D eigenvalue weighted by atomic mass is 9.99. The number of rotatable bonds is 5. The van der Waals surface area contributed by atoms with Gasteiger partial charge in [0.25, 0.3) is 0 Å². The fourth-order valence-electron chi connectivity index (χ4n) is 2.62. The number of nitrogens with one attached hydrogen (secondary N) is 2. The van der Waals surface area contributed by atoms with Gasteiger partial charge in [-0.15, -0.1) is 12.4 Å². The molecule has 1 heterocycles. The molecule has 6 heteroatoms. The lowest BCUT2D eigenvalue weighted by molar-refractivity contribution is -0.116. The van der Waals surface area contributed by atoms with Crippen molar-refractivity contribution in [2.45, 2.75) is 19.4 Å². The van der Waals surface area contributed by atoms with E-state index in [1.165, 1.54) is 0 Å². The average molecular weight is 351 g/mol. The van der Waals surface area contributed by atoms with Crippen LogP contribution < -0.4 is 15.4 Å². The molecule has 1 aliphatic heterocycles. The van der Waals surface area contributed by atoms with Crippen LogP contribution in [-0.2, 0) is 17.8 Å². The number of carbonyl (C=O) groups excluding carboxylic acids is 1. The molecule has 0 unspecified atom stereocenters. The number of carbonyl (C=O) groups is 1. The zero-order chi connectivity index (χ0) is 16.1. The molecular weight excluding hydrogens is 331 g/mol. The number of amides is 1. The van der Waals surface area contributed by atoms with Gasteiger partial charge in [-0.05, 0) is 42.3 Å². The second-order valence-corrected chi connectivity index (χ2v) is 5.45. The number of halogens is 2. The summed E-state index contributed by atoms with van der Waals surface area (Å²) in [5.41, 5.74) is 1.90. The summed E-state index contributed by atoms with van der Waals surface area (Å²) in [7, 11) is 0. The number of anilines is 1. The van der Waals surface area contributed by atoms with Crippen molar-refractivity contribution in [2.75, 3.05) is 18.5 Å². The fraction of sp³-hybridized carbons (Fsp3) is 0.278. The van der Waals surface area contributed by atoms with Crippen LogP contribution in [0, 0.1) is 5.82 Å². The third kappa shape index (κ3) is 4.46. The fourth-order valence-corrected chi connectivity index (χ4v) is 2.62. The first-order valence-electron chi connectivity index (χ1n) is 7.73. The van der Waals surface area contributed by atoms with Crippen molar-refractivity contribution in [3.05, 3.63) is 59.4 Å². The molecule has 0 saturated carbocycles. The van der Waals surface area contributed by atoms with E-state index in [0.717, 1.165) is 12.1 Å². The van der Waals surface area contributed by atoms with Crippen LogP contribution >= 0.6 is 12.4 Å². The molecule has 0 bridgehead atoms. The third-order valence-corrected chi connectivity index (χ3v) is 3.82. The maximum Gasteiger partial charge on any atom is 0.227 e. The minimum absolute atomic E-state index is 0. The number of para-hydroxylation sites is 1. The Labute approximate surface area is 146 Å². The van der Waals surface area contributed by atoms with Crippen molar-refractivity contribution >= 4 is 24.0 Å². The van der Waals surface area contributed by atoms with Gasteiger partial charge in [0.15, 0.2) is 0 Å². The normalized spacial score (nSPS) is 12.7. The van der Waals surface area contributed by atoms with Crippen LogP contribution in [-0.4, -0.2) is 19.1 Å². The number of ether oxygens (including phenoxy) is 1. The number of hydrogen-bond donors (Lipinski definition) is 2. The first-order chi connectivity index (χ1) is 11.2. The van der Waals surface area contributed by atoms with Gasteiger partial charge in [-0.25, -0.2) is 4.39 Å². The standard InChI is InChI=1S/C18H19FN2O2.ClH/c19-18-15-8-10-20-12-13(15)6-7-16(18)21-17(22)9-11-23-14-4-2-1-3-5-14;/h1-7,20H,8-12H2,(H,21,22);1H. The van der Waals surface area contributed by atoms with Gasteiger partial charge < -0.3 is 15.4 Å². The highest BCUT2D eigenvalue weighted by molar-refractivity contribution is 5.91. The molecular formula is C18H20ClFN2O2. The Balaban J connectivity index is 0.00000208. The summed E-state index contributed by atoms with van der Waals surface area (Å²) in [6, 6.07) is 12.8. The lowest BCUT2D eigenvalue weighted by Crippen LogP contribution is -2.25. The summed E-state index contributed by atoms with van der Waals surface area (Å²) >= 11 is 0. The molecule has 2 aromatic carbocycles. The largest absolute Gasteiger partial charge is 0.493 e. The summed E-state index contributed by atoms with van der Waals surface area (Å²) in [4.78, 5) is 12.0. The maximum absolute atomic E-state index is 14.4. The summed E-state index contributed by atoms with van der Waals surface area (Å²) < 4.78 is 19.9. The first-order valence-corrected chi connectivity index (χ1v) is 7.73. The van der Waals surface area contributed by atoms with Gasteiger partial charge in [0, 0.05) is 6.54 Å². The summed E-state index contributed by atoms with van der Waals surface area (Å²) in [5, 5.41) is 5.83. The highest BCUT2D eigenvalue weighted by Crippen LogP contribution is 2.24. The molecule has 2 N–H and O–H groups in total. The highest BCUT2D eigenvalue weighted by atomic mass is 35.5. The zero-order valence-corrected chi connectivity index (χ0v) is 14.0. The van der Waals surface area contributed by atoms with E-state index in [9.17, 15) is 9.18 Å². The monoisotopic (exact) mass is 350 g/mol. The Kier molecular flexibility index (Phi) is 6.58. The molecule has 0 aromatic heterocycles. The SMILES string of the molecule is Cl.O=C(CCOc1ccccc1)Nc1ccc2c(c1F)CCNC2. The Bertz CT molecular complexity index is 695. The van der Waals surface area contributed by atoms with E-state index < -0.39 is 0 Å². The molecule has 3 rings (SSSR count). The summed E-state index contributed by atoms with van der Waals surface area (Å²) in [6.45, 7) is 1.68. The van der Waals surface area contributed by atoms with Crippen LogP contribution in [0.15, 0.2) is 42.5 Å². The molecule has 1 aliphatic rings. The minimum atomic E-state index is -0.318.